The Morgan fingerprint density at radius 1 is 1.71 bits per heavy atom. The van der Waals surface area contributed by atoms with Crippen LogP contribution in [-0.4, -0.2) is 28.5 Å². The number of ether oxygens (including phenoxy) is 1. The molecule has 7 heteroatoms. The van der Waals surface area contributed by atoms with Crippen LogP contribution in [0.4, 0.5) is 0 Å². The van der Waals surface area contributed by atoms with E-state index in [9.17, 15) is 9.59 Å². The summed E-state index contributed by atoms with van der Waals surface area (Å²) in [7, 11) is 1.24. The van der Waals surface area contributed by atoms with E-state index in [2.05, 4.69) is 9.72 Å². The number of nitrogens with zero attached hydrogens (tertiary/aromatic N) is 2. The highest BCUT2D eigenvalue weighted by Gasteiger charge is 2.14. The van der Waals surface area contributed by atoms with Crippen LogP contribution in [-0.2, 0) is 16.1 Å². The first-order valence-corrected chi connectivity index (χ1v) is 3.78. The summed E-state index contributed by atoms with van der Waals surface area (Å²) in [6, 6.07) is 0. The Labute approximate surface area is 79.8 Å². The van der Waals surface area contributed by atoms with Crippen molar-refractivity contribution in [1.29, 1.82) is 0 Å². The maximum absolute atomic E-state index is 11.1. The standard InChI is InChI=1S/C7H10N4O3/c1-14-7(13)6-9-2-3-11(6)4-5(12)10-8/h2-3H,4,8H2,1H3,(H,10,12). The second kappa shape index (κ2) is 4.38. The van der Waals surface area contributed by atoms with E-state index in [4.69, 9.17) is 5.84 Å². The minimum absolute atomic E-state index is 0.0658. The lowest BCUT2D eigenvalue weighted by Crippen LogP contribution is -2.33. The lowest BCUT2D eigenvalue weighted by atomic mass is 10.5. The van der Waals surface area contributed by atoms with Crippen molar-refractivity contribution in [3.05, 3.63) is 18.2 Å². The number of methoxy groups -OCH3 is 1. The Morgan fingerprint density at radius 2 is 2.43 bits per heavy atom. The number of esters is 1. The van der Waals surface area contributed by atoms with Gasteiger partial charge < -0.3 is 9.30 Å². The summed E-state index contributed by atoms with van der Waals surface area (Å²) in [4.78, 5) is 25.7. The minimum atomic E-state index is -0.597. The van der Waals surface area contributed by atoms with Crippen molar-refractivity contribution in [3.63, 3.8) is 0 Å². The van der Waals surface area contributed by atoms with Gasteiger partial charge in [-0.1, -0.05) is 0 Å². The fourth-order valence-electron chi connectivity index (χ4n) is 0.918. The molecule has 0 aromatic carbocycles. The van der Waals surface area contributed by atoms with Crippen LogP contribution >= 0.6 is 0 Å². The topological polar surface area (TPSA) is 99.2 Å². The van der Waals surface area contributed by atoms with Crippen LogP contribution in [0.25, 0.3) is 0 Å². The van der Waals surface area contributed by atoms with Gasteiger partial charge in [0.2, 0.25) is 5.82 Å². The maximum Gasteiger partial charge on any atom is 0.374 e. The maximum atomic E-state index is 11.1. The molecule has 7 nitrogen and oxygen atoms in total. The summed E-state index contributed by atoms with van der Waals surface area (Å²) >= 11 is 0. The van der Waals surface area contributed by atoms with E-state index in [0.29, 0.717) is 0 Å². The van der Waals surface area contributed by atoms with Gasteiger partial charge in [0.25, 0.3) is 5.91 Å². The molecule has 0 spiro atoms. The number of imidazole rings is 1. The Morgan fingerprint density at radius 3 is 3.00 bits per heavy atom. The van der Waals surface area contributed by atoms with Gasteiger partial charge in [-0.05, 0) is 0 Å². The van der Waals surface area contributed by atoms with Crippen molar-refractivity contribution in [2.45, 2.75) is 6.54 Å². The average molecular weight is 198 g/mol. The zero-order valence-corrected chi connectivity index (χ0v) is 7.56. The van der Waals surface area contributed by atoms with Gasteiger partial charge >= 0.3 is 5.97 Å². The second-order valence-electron chi connectivity index (χ2n) is 2.44. The number of hydrogen-bond donors (Lipinski definition) is 2. The van der Waals surface area contributed by atoms with E-state index in [1.54, 1.807) is 0 Å². The molecule has 0 fully saturated rings. The molecular formula is C7H10N4O3. The predicted octanol–water partition coefficient (Wildman–Crippen LogP) is -1.34. The third-order valence-corrected chi connectivity index (χ3v) is 1.56. The van der Waals surface area contributed by atoms with Crippen LogP contribution in [0.5, 0.6) is 0 Å². The highest BCUT2D eigenvalue weighted by atomic mass is 16.5. The molecule has 1 amide bonds. The van der Waals surface area contributed by atoms with Crippen LogP contribution in [0.1, 0.15) is 10.6 Å². The van der Waals surface area contributed by atoms with Crippen molar-refractivity contribution in [3.8, 4) is 0 Å². The normalized spacial score (nSPS) is 9.57. The summed E-state index contributed by atoms with van der Waals surface area (Å²) in [6.45, 7) is -0.0685. The number of amides is 1. The third-order valence-electron chi connectivity index (χ3n) is 1.56. The zero-order valence-electron chi connectivity index (χ0n) is 7.56. The molecule has 0 saturated heterocycles. The SMILES string of the molecule is COC(=O)c1nccn1CC(=O)NN. The molecule has 1 rings (SSSR count). The van der Waals surface area contributed by atoms with Gasteiger partial charge in [-0.15, -0.1) is 0 Å². The zero-order chi connectivity index (χ0) is 10.6. The Kier molecular flexibility index (Phi) is 3.19. The summed E-state index contributed by atoms with van der Waals surface area (Å²) in [6.07, 6.45) is 2.89. The number of nitrogens with one attached hydrogen (secondary N) is 1. The van der Waals surface area contributed by atoms with E-state index in [-0.39, 0.29) is 12.4 Å². The number of aromatic nitrogens is 2. The number of hydrogen-bond acceptors (Lipinski definition) is 5. The molecule has 0 radical (unpaired) electrons. The Hall–Kier alpha value is -1.89. The van der Waals surface area contributed by atoms with Gasteiger partial charge in [-0.3, -0.25) is 10.2 Å². The molecule has 1 heterocycles. The van der Waals surface area contributed by atoms with E-state index < -0.39 is 11.9 Å². The van der Waals surface area contributed by atoms with Crippen molar-refractivity contribution in [2.24, 2.45) is 5.84 Å². The van der Waals surface area contributed by atoms with Crippen LogP contribution in [0.3, 0.4) is 0 Å². The van der Waals surface area contributed by atoms with Crippen LogP contribution in [0.2, 0.25) is 0 Å². The minimum Gasteiger partial charge on any atom is -0.463 e. The van der Waals surface area contributed by atoms with E-state index in [1.807, 2.05) is 5.43 Å². The third kappa shape index (κ3) is 2.07. The Balaban J connectivity index is 2.82. The van der Waals surface area contributed by atoms with Gasteiger partial charge in [0, 0.05) is 12.4 Å². The van der Waals surface area contributed by atoms with Gasteiger partial charge in [-0.2, -0.15) is 0 Å². The molecular weight excluding hydrogens is 188 g/mol. The number of nitrogens with two attached hydrogens (primary N) is 1. The fraction of sp³-hybridized carbons (Fsp3) is 0.286. The molecule has 0 aliphatic heterocycles. The van der Waals surface area contributed by atoms with E-state index in [0.717, 1.165) is 0 Å². The van der Waals surface area contributed by atoms with Gasteiger partial charge in [0.05, 0.1) is 7.11 Å². The summed E-state index contributed by atoms with van der Waals surface area (Å²) in [5.74, 6) is 3.94. The second-order valence-corrected chi connectivity index (χ2v) is 2.44. The molecule has 0 saturated carbocycles. The Bertz CT molecular complexity index is 346. The van der Waals surface area contributed by atoms with Crippen molar-refractivity contribution in [1.82, 2.24) is 15.0 Å². The van der Waals surface area contributed by atoms with Gasteiger partial charge in [0.1, 0.15) is 6.54 Å². The van der Waals surface area contributed by atoms with E-state index in [1.165, 1.54) is 24.1 Å². The first-order chi connectivity index (χ1) is 6.69. The molecule has 14 heavy (non-hydrogen) atoms. The quantitative estimate of drug-likeness (QED) is 0.271. The lowest BCUT2D eigenvalue weighted by Gasteiger charge is -2.04. The van der Waals surface area contributed by atoms with Crippen molar-refractivity contribution in [2.75, 3.05) is 7.11 Å². The first-order valence-electron chi connectivity index (χ1n) is 3.78. The number of carbonyl (C=O) groups is 2. The van der Waals surface area contributed by atoms with Crippen molar-refractivity contribution < 1.29 is 14.3 Å². The monoisotopic (exact) mass is 198 g/mol. The molecule has 0 aliphatic rings. The van der Waals surface area contributed by atoms with Crippen molar-refractivity contribution >= 4 is 11.9 Å². The van der Waals surface area contributed by atoms with Gasteiger partial charge in [0.15, 0.2) is 0 Å². The summed E-state index contributed by atoms with van der Waals surface area (Å²) < 4.78 is 5.81. The van der Waals surface area contributed by atoms with E-state index >= 15 is 0 Å². The fourth-order valence-corrected chi connectivity index (χ4v) is 0.918. The summed E-state index contributed by atoms with van der Waals surface area (Å²) in [5.41, 5.74) is 1.95. The van der Waals surface area contributed by atoms with Gasteiger partial charge in [-0.25, -0.2) is 15.6 Å². The van der Waals surface area contributed by atoms with Crippen LogP contribution < -0.4 is 11.3 Å². The van der Waals surface area contributed by atoms with Crippen LogP contribution in [0.15, 0.2) is 12.4 Å². The van der Waals surface area contributed by atoms with Crippen LogP contribution in [0, 0.1) is 0 Å². The highest BCUT2D eigenvalue weighted by Crippen LogP contribution is 1.99. The molecule has 0 atom stereocenters. The number of rotatable bonds is 3. The molecule has 3 N–H and O–H groups in total. The molecule has 0 aliphatic carbocycles. The molecule has 1 aromatic rings. The molecule has 76 valence electrons. The molecule has 0 bridgehead atoms. The largest absolute Gasteiger partial charge is 0.463 e. The summed E-state index contributed by atoms with van der Waals surface area (Å²) in [5, 5.41) is 0. The average Bonchev–Trinajstić information content (AvgIpc) is 2.64. The highest BCUT2D eigenvalue weighted by molar-refractivity contribution is 5.86. The smallest absolute Gasteiger partial charge is 0.374 e. The number of hydrazine groups is 1. The predicted molar refractivity (Wildman–Crippen MR) is 45.9 cm³/mol. The lowest BCUT2D eigenvalue weighted by molar-refractivity contribution is -0.121. The molecule has 1 aromatic heterocycles. The number of carbonyl (C=O) groups excluding carboxylic acids is 2. The first kappa shape index (κ1) is 10.2. The molecule has 0 unspecified atom stereocenters.